The first-order chi connectivity index (χ1) is 9.13. The van der Waals surface area contributed by atoms with Crippen LogP contribution < -0.4 is 10.9 Å². The van der Waals surface area contributed by atoms with E-state index < -0.39 is 0 Å². The molecular formula is C12H13Br2N3OS. The van der Waals surface area contributed by atoms with Crippen molar-refractivity contribution in [3.8, 4) is 0 Å². The van der Waals surface area contributed by atoms with Crippen LogP contribution in [-0.4, -0.2) is 9.78 Å². The van der Waals surface area contributed by atoms with Gasteiger partial charge in [-0.3, -0.25) is 4.79 Å². The van der Waals surface area contributed by atoms with Crippen molar-refractivity contribution in [1.82, 2.24) is 9.78 Å². The number of anilines is 1. The lowest BCUT2D eigenvalue weighted by Crippen LogP contribution is -2.24. The van der Waals surface area contributed by atoms with E-state index in [1.807, 2.05) is 18.4 Å². The van der Waals surface area contributed by atoms with Crippen molar-refractivity contribution in [2.75, 3.05) is 5.32 Å². The Morgan fingerprint density at radius 3 is 2.89 bits per heavy atom. The van der Waals surface area contributed by atoms with Crippen molar-refractivity contribution in [2.24, 2.45) is 0 Å². The number of hydrogen-bond acceptors (Lipinski definition) is 4. The van der Waals surface area contributed by atoms with Crippen LogP contribution in [0.15, 0.2) is 31.4 Å². The van der Waals surface area contributed by atoms with E-state index in [0.717, 1.165) is 16.6 Å². The molecule has 0 fully saturated rings. The molecule has 2 rings (SSSR count). The highest BCUT2D eigenvalue weighted by molar-refractivity contribution is 9.11. The largest absolute Gasteiger partial charge is 0.378 e. The van der Waals surface area contributed by atoms with E-state index >= 15 is 0 Å². The Morgan fingerprint density at radius 1 is 1.47 bits per heavy atom. The standard InChI is InChI=1S/C12H13Br2N3OS/c1-2-4-17-12(18)11(14)9(6-16-17)15-7-10-8(13)3-5-19-10/h3,5-6,15H,2,4,7H2,1H3. The van der Waals surface area contributed by atoms with E-state index in [1.165, 1.54) is 9.56 Å². The fourth-order valence-corrected chi connectivity index (χ4v) is 3.47. The highest BCUT2D eigenvalue weighted by Gasteiger charge is 2.09. The third kappa shape index (κ3) is 3.46. The van der Waals surface area contributed by atoms with Crippen molar-refractivity contribution >= 4 is 48.9 Å². The molecule has 0 amide bonds. The monoisotopic (exact) mass is 405 g/mol. The topological polar surface area (TPSA) is 46.9 Å². The van der Waals surface area contributed by atoms with Crippen molar-refractivity contribution in [3.05, 3.63) is 41.8 Å². The first kappa shape index (κ1) is 14.7. The van der Waals surface area contributed by atoms with Crippen LogP contribution in [0.3, 0.4) is 0 Å². The fourth-order valence-electron chi connectivity index (χ4n) is 1.59. The smallest absolute Gasteiger partial charge is 0.283 e. The average molecular weight is 407 g/mol. The minimum Gasteiger partial charge on any atom is -0.378 e. The summed E-state index contributed by atoms with van der Waals surface area (Å²) in [6.45, 7) is 3.31. The molecule has 0 aliphatic carbocycles. The number of nitrogens with one attached hydrogen (secondary N) is 1. The molecule has 0 unspecified atom stereocenters. The summed E-state index contributed by atoms with van der Waals surface area (Å²) in [4.78, 5) is 13.2. The van der Waals surface area contributed by atoms with Crippen molar-refractivity contribution in [1.29, 1.82) is 0 Å². The zero-order chi connectivity index (χ0) is 13.8. The fraction of sp³-hybridized carbons (Fsp3) is 0.333. The van der Waals surface area contributed by atoms with Gasteiger partial charge in [0.2, 0.25) is 0 Å². The molecule has 2 heterocycles. The molecule has 4 nitrogen and oxygen atoms in total. The van der Waals surface area contributed by atoms with Crippen LogP contribution in [0.1, 0.15) is 18.2 Å². The number of thiophene rings is 1. The highest BCUT2D eigenvalue weighted by atomic mass is 79.9. The Morgan fingerprint density at radius 2 is 2.26 bits per heavy atom. The van der Waals surface area contributed by atoms with Gasteiger partial charge in [-0.25, -0.2) is 4.68 Å². The van der Waals surface area contributed by atoms with Gasteiger partial charge in [-0.2, -0.15) is 5.10 Å². The molecule has 0 aromatic carbocycles. The van der Waals surface area contributed by atoms with Crippen LogP contribution in [0.25, 0.3) is 0 Å². The summed E-state index contributed by atoms with van der Waals surface area (Å²) in [7, 11) is 0. The minimum absolute atomic E-state index is 0.0999. The van der Waals surface area contributed by atoms with Crippen LogP contribution in [0, 0.1) is 0 Å². The van der Waals surface area contributed by atoms with Gasteiger partial charge in [0, 0.05) is 15.9 Å². The molecular weight excluding hydrogens is 394 g/mol. The predicted octanol–water partition coefficient (Wildman–Crippen LogP) is 3.85. The summed E-state index contributed by atoms with van der Waals surface area (Å²) in [5.74, 6) is 0. The first-order valence-electron chi connectivity index (χ1n) is 5.84. The van der Waals surface area contributed by atoms with Gasteiger partial charge in [0.05, 0.1) is 18.4 Å². The first-order valence-corrected chi connectivity index (χ1v) is 8.31. The Labute approximate surface area is 132 Å². The summed E-state index contributed by atoms with van der Waals surface area (Å²) >= 11 is 8.48. The minimum atomic E-state index is -0.0999. The van der Waals surface area contributed by atoms with Crippen molar-refractivity contribution < 1.29 is 0 Å². The number of aromatic nitrogens is 2. The molecule has 0 aliphatic heterocycles. The molecule has 0 saturated heterocycles. The molecule has 7 heteroatoms. The molecule has 0 aliphatic rings. The second-order valence-electron chi connectivity index (χ2n) is 3.95. The van der Waals surface area contributed by atoms with Crippen LogP contribution in [0.4, 0.5) is 5.69 Å². The maximum Gasteiger partial charge on any atom is 0.283 e. The predicted molar refractivity (Wildman–Crippen MR) is 85.8 cm³/mol. The molecule has 2 aromatic heterocycles. The molecule has 1 N–H and O–H groups in total. The van der Waals surface area contributed by atoms with Crippen LogP contribution >= 0.6 is 43.2 Å². The molecule has 0 saturated carbocycles. The van der Waals surface area contributed by atoms with E-state index in [-0.39, 0.29) is 5.56 Å². The maximum atomic E-state index is 12.0. The van der Waals surface area contributed by atoms with E-state index in [4.69, 9.17) is 0 Å². The average Bonchev–Trinajstić information content (AvgIpc) is 2.80. The van der Waals surface area contributed by atoms with Gasteiger partial charge in [-0.05, 0) is 49.7 Å². The molecule has 19 heavy (non-hydrogen) atoms. The normalized spacial score (nSPS) is 10.7. The molecule has 0 spiro atoms. The van der Waals surface area contributed by atoms with Gasteiger partial charge in [0.25, 0.3) is 5.56 Å². The summed E-state index contributed by atoms with van der Waals surface area (Å²) in [5.41, 5.74) is 0.620. The van der Waals surface area contributed by atoms with Gasteiger partial charge < -0.3 is 5.32 Å². The van der Waals surface area contributed by atoms with Crippen molar-refractivity contribution in [3.63, 3.8) is 0 Å². The molecule has 102 valence electrons. The maximum absolute atomic E-state index is 12.0. The molecule has 0 radical (unpaired) electrons. The number of aryl methyl sites for hydroxylation is 1. The van der Waals surface area contributed by atoms with E-state index in [1.54, 1.807) is 17.5 Å². The number of halogens is 2. The summed E-state index contributed by atoms with van der Waals surface area (Å²) < 4.78 is 3.08. The van der Waals surface area contributed by atoms with Crippen molar-refractivity contribution in [2.45, 2.75) is 26.4 Å². The quantitative estimate of drug-likeness (QED) is 0.820. The summed E-state index contributed by atoms with van der Waals surface area (Å²) in [6.07, 6.45) is 2.57. The van der Waals surface area contributed by atoms with E-state index in [0.29, 0.717) is 17.6 Å². The van der Waals surface area contributed by atoms with Gasteiger partial charge in [-0.1, -0.05) is 6.92 Å². The molecule has 0 bridgehead atoms. The Hall–Kier alpha value is -0.660. The Balaban J connectivity index is 2.16. The lowest BCUT2D eigenvalue weighted by molar-refractivity contribution is 0.566. The molecule has 0 atom stereocenters. The number of hydrogen-bond donors (Lipinski definition) is 1. The zero-order valence-electron chi connectivity index (χ0n) is 10.3. The highest BCUT2D eigenvalue weighted by Crippen LogP contribution is 2.24. The lowest BCUT2D eigenvalue weighted by Gasteiger charge is -2.09. The van der Waals surface area contributed by atoms with Gasteiger partial charge in [0.15, 0.2) is 0 Å². The van der Waals surface area contributed by atoms with E-state index in [2.05, 4.69) is 42.3 Å². The SMILES string of the molecule is CCCn1ncc(NCc2sccc2Br)c(Br)c1=O. The van der Waals surface area contributed by atoms with E-state index in [9.17, 15) is 4.79 Å². The summed E-state index contributed by atoms with van der Waals surface area (Å²) in [6, 6.07) is 2.01. The van der Waals surface area contributed by atoms with Gasteiger partial charge >= 0.3 is 0 Å². The van der Waals surface area contributed by atoms with Crippen LogP contribution in [0.2, 0.25) is 0 Å². The van der Waals surface area contributed by atoms with Gasteiger partial charge in [-0.15, -0.1) is 11.3 Å². The van der Waals surface area contributed by atoms with Gasteiger partial charge in [0.1, 0.15) is 4.47 Å². The second kappa shape index (κ2) is 6.67. The Bertz CT molecular complexity index is 624. The number of nitrogens with zero attached hydrogens (tertiary/aromatic N) is 2. The Kier molecular flexibility index (Phi) is 5.18. The number of rotatable bonds is 5. The zero-order valence-corrected chi connectivity index (χ0v) is 14.3. The summed E-state index contributed by atoms with van der Waals surface area (Å²) in [5, 5.41) is 9.40. The van der Waals surface area contributed by atoms with Crippen LogP contribution in [-0.2, 0) is 13.1 Å². The molecule has 2 aromatic rings. The third-order valence-corrected chi connectivity index (χ3v) is 5.24. The third-order valence-electron chi connectivity index (χ3n) is 2.55. The lowest BCUT2D eigenvalue weighted by atomic mass is 10.4. The van der Waals surface area contributed by atoms with Crippen LogP contribution in [0.5, 0.6) is 0 Å². The second-order valence-corrected chi connectivity index (χ2v) is 6.59.